The Labute approximate surface area is 191 Å². The molecule has 172 valence electrons. The van der Waals surface area contributed by atoms with Gasteiger partial charge in [0.1, 0.15) is 5.82 Å². The smallest absolute Gasteiger partial charge is 0.337 e. The van der Waals surface area contributed by atoms with Gasteiger partial charge in [0.05, 0.1) is 22.6 Å². The van der Waals surface area contributed by atoms with Crippen molar-refractivity contribution in [1.82, 2.24) is 9.21 Å². The Hall–Kier alpha value is -2.49. The average molecular weight is 483 g/mol. The van der Waals surface area contributed by atoms with Crippen LogP contribution < -0.4 is 0 Å². The van der Waals surface area contributed by atoms with Gasteiger partial charge in [-0.1, -0.05) is 23.7 Å². The van der Waals surface area contributed by atoms with E-state index in [9.17, 15) is 22.4 Å². The average Bonchev–Trinajstić information content (AvgIpc) is 2.80. The quantitative estimate of drug-likeness (QED) is 0.590. The molecule has 0 atom stereocenters. The van der Waals surface area contributed by atoms with Crippen LogP contribution in [0.25, 0.3) is 0 Å². The van der Waals surface area contributed by atoms with Crippen LogP contribution in [-0.2, 0) is 26.1 Å². The summed E-state index contributed by atoms with van der Waals surface area (Å²) in [7, 11) is -0.805. The first-order valence-electron chi connectivity index (χ1n) is 10.0. The molecule has 1 heterocycles. The highest BCUT2D eigenvalue weighted by molar-refractivity contribution is 7.89. The van der Waals surface area contributed by atoms with E-state index in [-0.39, 0.29) is 34.8 Å². The summed E-state index contributed by atoms with van der Waals surface area (Å²) in [6.07, 6.45) is 0.775. The molecule has 0 aliphatic carbocycles. The Balaban J connectivity index is 1.58. The minimum Gasteiger partial charge on any atom is -0.465 e. The van der Waals surface area contributed by atoms with Gasteiger partial charge in [0.2, 0.25) is 15.9 Å². The van der Waals surface area contributed by atoms with Crippen LogP contribution in [0.1, 0.15) is 28.8 Å². The van der Waals surface area contributed by atoms with E-state index in [2.05, 4.69) is 4.74 Å². The van der Waals surface area contributed by atoms with Crippen LogP contribution in [0.15, 0.2) is 47.4 Å². The molecule has 10 heteroatoms. The SMILES string of the molecule is COC(=O)c1ccc(CN(C)C(=O)C2CCN(S(=O)(=O)c3ccc(F)c(Cl)c3)CC2)cc1. The molecule has 7 nitrogen and oxygen atoms in total. The third-order valence-electron chi connectivity index (χ3n) is 5.50. The lowest BCUT2D eigenvalue weighted by Gasteiger charge is -2.32. The van der Waals surface area contributed by atoms with E-state index in [1.807, 2.05) is 0 Å². The number of carbonyl (C=O) groups excluding carboxylic acids is 2. The summed E-state index contributed by atoms with van der Waals surface area (Å²) < 4.78 is 45.0. The van der Waals surface area contributed by atoms with Crippen molar-refractivity contribution in [3.05, 3.63) is 64.4 Å². The second kappa shape index (κ2) is 9.97. The van der Waals surface area contributed by atoms with Crippen molar-refractivity contribution in [2.24, 2.45) is 5.92 Å². The molecule has 0 radical (unpaired) electrons. The molecule has 0 bridgehead atoms. The van der Waals surface area contributed by atoms with Gasteiger partial charge in [0.25, 0.3) is 0 Å². The van der Waals surface area contributed by atoms with E-state index in [4.69, 9.17) is 11.6 Å². The third kappa shape index (κ3) is 5.28. The first-order chi connectivity index (χ1) is 15.1. The van der Waals surface area contributed by atoms with Crippen molar-refractivity contribution in [1.29, 1.82) is 0 Å². The fourth-order valence-electron chi connectivity index (χ4n) is 3.66. The highest BCUT2D eigenvalue weighted by Gasteiger charge is 2.33. The maximum atomic E-state index is 13.4. The molecule has 0 unspecified atom stereocenters. The van der Waals surface area contributed by atoms with Crippen LogP contribution in [0.2, 0.25) is 5.02 Å². The van der Waals surface area contributed by atoms with Crippen molar-refractivity contribution in [2.45, 2.75) is 24.3 Å². The number of piperidine rings is 1. The van der Waals surface area contributed by atoms with Gasteiger partial charge < -0.3 is 9.64 Å². The molecule has 0 spiro atoms. The molecule has 1 saturated heterocycles. The van der Waals surface area contributed by atoms with Crippen LogP contribution in [-0.4, -0.2) is 56.7 Å². The number of benzene rings is 2. The molecule has 0 aromatic heterocycles. The molecule has 3 rings (SSSR count). The predicted octanol–water partition coefficient (Wildman–Crippen LogP) is 3.33. The van der Waals surface area contributed by atoms with Gasteiger partial charge in [-0.25, -0.2) is 17.6 Å². The first-order valence-corrected chi connectivity index (χ1v) is 11.8. The number of nitrogens with zero attached hydrogens (tertiary/aromatic N) is 2. The number of carbonyl (C=O) groups is 2. The lowest BCUT2D eigenvalue weighted by Crippen LogP contribution is -2.43. The molecule has 32 heavy (non-hydrogen) atoms. The van der Waals surface area contributed by atoms with E-state index in [0.717, 1.165) is 17.7 Å². The van der Waals surface area contributed by atoms with Gasteiger partial charge in [0, 0.05) is 32.6 Å². The Morgan fingerprint density at radius 3 is 2.34 bits per heavy atom. The van der Waals surface area contributed by atoms with Crippen LogP contribution in [0, 0.1) is 11.7 Å². The van der Waals surface area contributed by atoms with E-state index in [0.29, 0.717) is 24.9 Å². The third-order valence-corrected chi connectivity index (χ3v) is 7.69. The lowest BCUT2D eigenvalue weighted by molar-refractivity contribution is -0.135. The number of halogens is 2. The van der Waals surface area contributed by atoms with E-state index < -0.39 is 21.8 Å². The highest BCUT2D eigenvalue weighted by atomic mass is 35.5. The zero-order chi connectivity index (χ0) is 23.5. The van der Waals surface area contributed by atoms with Gasteiger partial charge in [0.15, 0.2) is 0 Å². The normalized spacial score (nSPS) is 15.4. The fourth-order valence-corrected chi connectivity index (χ4v) is 5.40. The second-order valence-corrected chi connectivity index (χ2v) is 9.98. The summed E-state index contributed by atoms with van der Waals surface area (Å²) in [5, 5.41) is -0.252. The Morgan fingerprint density at radius 2 is 1.78 bits per heavy atom. The molecule has 0 saturated carbocycles. The Bertz CT molecular complexity index is 1100. The highest BCUT2D eigenvalue weighted by Crippen LogP contribution is 2.27. The van der Waals surface area contributed by atoms with Gasteiger partial charge >= 0.3 is 5.97 Å². The van der Waals surface area contributed by atoms with Gasteiger partial charge in [-0.3, -0.25) is 4.79 Å². The number of methoxy groups -OCH3 is 1. The molecule has 1 amide bonds. The van der Waals surface area contributed by atoms with Crippen LogP contribution in [0.5, 0.6) is 0 Å². The summed E-state index contributed by atoms with van der Waals surface area (Å²) in [6.45, 7) is 0.748. The number of amides is 1. The monoisotopic (exact) mass is 482 g/mol. The largest absolute Gasteiger partial charge is 0.465 e. The topological polar surface area (TPSA) is 84.0 Å². The molecule has 1 fully saturated rings. The summed E-state index contributed by atoms with van der Waals surface area (Å²) in [5.74, 6) is -1.47. The van der Waals surface area contributed by atoms with E-state index in [1.54, 1.807) is 36.2 Å². The van der Waals surface area contributed by atoms with Gasteiger partial charge in [-0.15, -0.1) is 0 Å². The van der Waals surface area contributed by atoms with Crippen molar-refractivity contribution in [2.75, 3.05) is 27.2 Å². The predicted molar refractivity (Wildman–Crippen MR) is 117 cm³/mol. The number of hydrogen-bond acceptors (Lipinski definition) is 5. The maximum absolute atomic E-state index is 13.4. The van der Waals surface area contributed by atoms with Crippen molar-refractivity contribution < 1.29 is 27.1 Å². The molecule has 1 aliphatic heterocycles. The van der Waals surface area contributed by atoms with Crippen molar-refractivity contribution in [3.8, 4) is 0 Å². The van der Waals surface area contributed by atoms with E-state index >= 15 is 0 Å². The van der Waals surface area contributed by atoms with Crippen molar-refractivity contribution >= 4 is 33.5 Å². The Morgan fingerprint density at radius 1 is 1.16 bits per heavy atom. The van der Waals surface area contributed by atoms with E-state index in [1.165, 1.54) is 17.5 Å². The molecule has 2 aromatic rings. The summed E-state index contributed by atoms with van der Waals surface area (Å²) in [5.41, 5.74) is 1.29. The minimum absolute atomic E-state index is 0.0658. The summed E-state index contributed by atoms with van der Waals surface area (Å²) in [6, 6.07) is 10.1. The number of sulfonamides is 1. The zero-order valence-electron chi connectivity index (χ0n) is 17.8. The van der Waals surface area contributed by atoms with Crippen LogP contribution in [0.4, 0.5) is 4.39 Å². The lowest BCUT2D eigenvalue weighted by atomic mass is 9.96. The molecule has 1 aliphatic rings. The van der Waals surface area contributed by atoms with Gasteiger partial charge in [-0.05, 0) is 48.7 Å². The second-order valence-electron chi connectivity index (χ2n) is 7.64. The van der Waals surface area contributed by atoms with Gasteiger partial charge in [-0.2, -0.15) is 4.31 Å². The number of hydrogen-bond donors (Lipinski definition) is 0. The zero-order valence-corrected chi connectivity index (χ0v) is 19.3. The maximum Gasteiger partial charge on any atom is 0.337 e. The molecular formula is C22H24ClFN2O5S. The van der Waals surface area contributed by atoms with Crippen molar-refractivity contribution in [3.63, 3.8) is 0 Å². The standard InChI is InChI=1S/C22H24ClFN2O5S/c1-25(14-15-3-5-17(6-4-15)22(28)31-2)21(27)16-9-11-26(12-10-16)32(29,30)18-7-8-20(24)19(23)13-18/h3-8,13,16H,9-12,14H2,1-2H3. The number of rotatable bonds is 6. The summed E-state index contributed by atoms with van der Waals surface area (Å²) in [4.78, 5) is 25.9. The number of ether oxygens (including phenoxy) is 1. The molecular weight excluding hydrogens is 459 g/mol. The summed E-state index contributed by atoms with van der Waals surface area (Å²) >= 11 is 5.73. The molecule has 2 aromatic carbocycles. The number of esters is 1. The first kappa shape index (κ1) is 24.2. The van der Waals surface area contributed by atoms with Crippen LogP contribution >= 0.6 is 11.6 Å². The molecule has 0 N–H and O–H groups in total. The minimum atomic E-state index is -3.81. The fraction of sp³-hybridized carbons (Fsp3) is 0.364. The Kier molecular flexibility index (Phi) is 7.53. The van der Waals surface area contributed by atoms with Crippen LogP contribution in [0.3, 0.4) is 0 Å².